The van der Waals surface area contributed by atoms with Crippen molar-refractivity contribution < 1.29 is 10.2 Å². The molecule has 0 radical (unpaired) electrons. The fourth-order valence-corrected chi connectivity index (χ4v) is 2.22. The van der Waals surface area contributed by atoms with E-state index >= 15 is 0 Å². The number of benzene rings is 1. The minimum absolute atomic E-state index is 0.225. The summed E-state index contributed by atoms with van der Waals surface area (Å²) in [6.07, 6.45) is 1.23. The lowest BCUT2D eigenvalue weighted by molar-refractivity contribution is 0.0392. The predicted molar refractivity (Wildman–Crippen MR) is 63.1 cm³/mol. The standard InChI is InChI=1S/C13H19NO2/c15-12-7-4-8-14(9-12)10-13(16)11-5-2-1-3-6-11/h1-3,5-6,12-13,15-16H,4,7-10H2/t12-,13?/m0/s1. The van der Waals surface area contributed by atoms with E-state index in [2.05, 4.69) is 4.90 Å². The lowest BCUT2D eigenvalue weighted by Gasteiger charge is -2.31. The van der Waals surface area contributed by atoms with Crippen molar-refractivity contribution in [3.8, 4) is 0 Å². The SMILES string of the molecule is OC(CN1CCC[C@H](O)C1)c1ccccc1. The van der Waals surface area contributed by atoms with Crippen molar-refractivity contribution in [1.29, 1.82) is 0 Å². The summed E-state index contributed by atoms with van der Waals surface area (Å²) in [6.45, 7) is 2.27. The van der Waals surface area contributed by atoms with E-state index < -0.39 is 6.10 Å². The predicted octanol–water partition coefficient (Wildman–Crippen LogP) is 1.18. The Morgan fingerprint density at radius 3 is 2.75 bits per heavy atom. The molecule has 1 heterocycles. The molecule has 3 heteroatoms. The second-order valence-electron chi connectivity index (χ2n) is 4.48. The van der Waals surface area contributed by atoms with Crippen molar-refractivity contribution >= 4 is 0 Å². The molecule has 1 aliphatic heterocycles. The number of aliphatic hydroxyl groups is 2. The Kier molecular flexibility index (Phi) is 3.93. The zero-order valence-corrected chi connectivity index (χ0v) is 9.42. The van der Waals surface area contributed by atoms with E-state index in [4.69, 9.17) is 0 Å². The summed E-state index contributed by atoms with van der Waals surface area (Å²) in [5.41, 5.74) is 0.947. The van der Waals surface area contributed by atoms with Gasteiger partial charge < -0.3 is 10.2 Å². The third-order valence-electron chi connectivity index (χ3n) is 3.10. The van der Waals surface area contributed by atoms with Gasteiger partial charge in [-0.15, -0.1) is 0 Å². The third kappa shape index (κ3) is 3.04. The Bertz CT molecular complexity index is 315. The maximum Gasteiger partial charge on any atom is 0.0916 e. The summed E-state index contributed by atoms with van der Waals surface area (Å²) in [7, 11) is 0. The Labute approximate surface area is 96.3 Å². The van der Waals surface area contributed by atoms with Gasteiger partial charge in [-0.25, -0.2) is 0 Å². The van der Waals surface area contributed by atoms with Crippen LogP contribution in [0.4, 0.5) is 0 Å². The average molecular weight is 221 g/mol. The molecule has 0 bridgehead atoms. The van der Waals surface area contributed by atoms with E-state index in [1.54, 1.807) is 0 Å². The van der Waals surface area contributed by atoms with E-state index in [-0.39, 0.29) is 6.10 Å². The molecule has 0 spiro atoms. The second kappa shape index (κ2) is 5.43. The molecule has 0 aliphatic carbocycles. The molecule has 0 amide bonds. The van der Waals surface area contributed by atoms with Gasteiger partial charge in [-0.2, -0.15) is 0 Å². The molecule has 0 saturated carbocycles. The quantitative estimate of drug-likeness (QED) is 0.805. The first-order chi connectivity index (χ1) is 7.75. The zero-order chi connectivity index (χ0) is 11.4. The highest BCUT2D eigenvalue weighted by Crippen LogP contribution is 2.17. The van der Waals surface area contributed by atoms with Gasteiger partial charge in [0.25, 0.3) is 0 Å². The summed E-state index contributed by atoms with van der Waals surface area (Å²) in [5, 5.41) is 19.6. The van der Waals surface area contributed by atoms with Crippen LogP contribution in [0.2, 0.25) is 0 Å². The maximum absolute atomic E-state index is 10.0. The van der Waals surface area contributed by atoms with Crippen molar-refractivity contribution in [3.63, 3.8) is 0 Å². The first-order valence-electron chi connectivity index (χ1n) is 5.89. The molecule has 16 heavy (non-hydrogen) atoms. The summed E-state index contributed by atoms with van der Waals surface area (Å²) in [4.78, 5) is 2.13. The number of likely N-dealkylation sites (tertiary alicyclic amines) is 1. The van der Waals surface area contributed by atoms with Crippen LogP contribution in [-0.4, -0.2) is 40.9 Å². The number of rotatable bonds is 3. The summed E-state index contributed by atoms with van der Waals surface area (Å²) >= 11 is 0. The summed E-state index contributed by atoms with van der Waals surface area (Å²) in [6, 6.07) is 9.68. The van der Waals surface area contributed by atoms with Gasteiger partial charge in [-0.3, -0.25) is 4.90 Å². The molecule has 1 aromatic rings. The first kappa shape index (κ1) is 11.6. The highest BCUT2D eigenvalue weighted by Gasteiger charge is 2.20. The number of β-amino-alcohol motifs (C(OH)–C–C–N with tert-alkyl or cyclic N) is 2. The van der Waals surface area contributed by atoms with Crippen molar-refractivity contribution in [2.45, 2.75) is 25.0 Å². The van der Waals surface area contributed by atoms with Gasteiger partial charge in [0.1, 0.15) is 0 Å². The summed E-state index contributed by atoms with van der Waals surface area (Å²) in [5.74, 6) is 0. The molecule has 1 fully saturated rings. The molecule has 1 saturated heterocycles. The number of nitrogens with zero attached hydrogens (tertiary/aromatic N) is 1. The fraction of sp³-hybridized carbons (Fsp3) is 0.538. The molecule has 2 atom stereocenters. The van der Waals surface area contributed by atoms with Crippen LogP contribution >= 0.6 is 0 Å². The van der Waals surface area contributed by atoms with E-state index in [1.165, 1.54) is 0 Å². The van der Waals surface area contributed by atoms with Gasteiger partial charge in [-0.1, -0.05) is 30.3 Å². The minimum Gasteiger partial charge on any atom is -0.392 e. The molecular formula is C13H19NO2. The van der Waals surface area contributed by atoms with Gasteiger partial charge in [0, 0.05) is 13.1 Å². The van der Waals surface area contributed by atoms with E-state index in [9.17, 15) is 10.2 Å². The Hall–Kier alpha value is -0.900. The van der Waals surface area contributed by atoms with Crippen LogP contribution in [0, 0.1) is 0 Å². The molecule has 0 aromatic heterocycles. The van der Waals surface area contributed by atoms with Crippen LogP contribution in [0.25, 0.3) is 0 Å². The fourth-order valence-electron chi connectivity index (χ4n) is 2.22. The van der Waals surface area contributed by atoms with Crippen LogP contribution in [0.15, 0.2) is 30.3 Å². The molecular weight excluding hydrogens is 202 g/mol. The molecule has 3 nitrogen and oxygen atoms in total. The van der Waals surface area contributed by atoms with E-state index in [0.29, 0.717) is 13.1 Å². The normalized spacial score (nSPS) is 24.2. The van der Waals surface area contributed by atoms with Crippen molar-refractivity contribution in [2.75, 3.05) is 19.6 Å². The Morgan fingerprint density at radius 1 is 1.31 bits per heavy atom. The number of hydrogen-bond acceptors (Lipinski definition) is 3. The average Bonchev–Trinajstić information content (AvgIpc) is 2.30. The monoisotopic (exact) mass is 221 g/mol. The molecule has 2 N–H and O–H groups in total. The Morgan fingerprint density at radius 2 is 2.06 bits per heavy atom. The van der Waals surface area contributed by atoms with Crippen LogP contribution in [-0.2, 0) is 0 Å². The van der Waals surface area contributed by atoms with Gasteiger partial charge in [0.2, 0.25) is 0 Å². The van der Waals surface area contributed by atoms with E-state index in [0.717, 1.165) is 24.9 Å². The molecule has 1 aliphatic rings. The molecule has 1 aromatic carbocycles. The van der Waals surface area contributed by atoms with Gasteiger partial charge in [0.15, 0.2) is 0 Å². The second-order valence-corrected chi connectivity index (χ2v) is 4.48. The minimum atomic E-state index is -0.452. The van der Waals surface area contributed by atoms with Crippen molar-refractivity contribution in [1.82, 2.24) is 4.90 Å². The lowest BCUT2D eigenvalue weighted by Crippen LogP contribution is -2.40. The van der Waals surface area contributed by atoms with Crippen LogP contribution in [0.5, 0.6) is 0 Å². The Balaban J connectivity index is 1.89. The summed E-state index contributed by atoms with van der Waals surface area (Å²) < 4.78 is 0. The topological polar surface area (TPSA) is 43.7 Å². The smallest absolute Gasteiger partial charge is 0.0916 e. The maximum atomic E-state index is 10.0. The first-order valence-corrected chi connectivity index (χ1v) is 5.89. The lowest BCUT2D eigenvalue weighted by atomic mass is 10.1. The van der Waals surface area contributed by atoms with Gasteiger partial charge >= 0.3 is 0 Å². The molecule has 2 rings (SSSR count). The van der Waals surface area contributed by atoms with Crippen LogP contribution in [0.1, 0.15) is 24.5 Å². The van der Waals surface area contributed by atoms with Gasteiger partial charge in [0.05, 0.1) is 12.2 Å². The number of aliphatic hydroxyl groups excluding tert-OH is 2. The van der Waals surface area contributed by atoms with Crippen LogP contribution in [0.3, 0.4) is 0 Å². The number of hydrogen-bond donors (Lipinski definition) is 2. The van der Waals surface area contributed by atoms with Crippen molar-refractivity contribution in [3.05, 3.63) is 35.9 Å². The van der Waals surface area contributed by atoms with Crippen LogP contribution < -0.4 is 0 Å². The van der Waals surface area contributed by atoms with Crippen molar-refractivity contribution in [2.24, 2.45) is 0 Å². The molecule has 88 valence electrons. The van der Waals surface area contributed by atoms with Gasteiger partial charge in [-0.05, 0) is 24.9 Å². The third-order valence-corrected chi connectivity index (χ3v) is 3.10. The van der Waals surface area contributed by atoms with E-state index in [1.807, 2.05) is 30.3 Å². The highest BCUT2D eigenvalue weighted by molar-refractivity contribution is 5.17. The largest absolute Gasteiger partial charge is 0.392 e. The zero-order valence-electron chi connectivity index (χ0n) is 9.42. The number of piperidine rings is 1. The highest BCUT2D eigenvalue weighted by atomic mass is 16.3. The molecule has 1 unspecified atom stereocenters.